The van der Waals surface area contributed by atoms with E-state index in [-0.39, 0.29) is 0 Å². The van der Waals surface area contributed by atoms with Crippen LogP contribution in [0.1, 0.15) is 52.4 Å². The Hall–Kier alpha value is -1.06. The Morgan fingerprint density at radius 3 is 1.82 bits per heavy atom. The summed E-state index contributed by atoms with van der Waals surface area (Å²) in [7, 11) is 2.58. The largest absolute Gasteiger partial charge is 0.468 e. The fraction of sp³-hybridized carbons (Fsp3) is 0.846. The number of rotatable bonds is 8. The SMILES string of the molecule is CCCCCCCC(C)(C(=O)OC)C(=O)OC. The normalized spacial score (nSPS) is 11.1. The van der Waals surface area contributed by atoms with Crippen LogP contribution in [0.4, 0.5) is 0 Å². The van der Waals surface area contributed by atoms with Crippen molar-refractivity contribution in [2.24, 2.45) is 5.41 Å². The molecule has 0 saturated heterocycles. The Morgan fingerprint density at radius 2 is 1.41 bits per heavy atom. The van der Waals surface area contributed by atoms with Crippen molar-refractivity contribution >= 4 is 11.9 Å². The van der Waals surface area contributed by atoms with E-state index >= 15 is 0 Å². The van der Waals surface area contributed by atoms with Gasteiger partial charge in [0.1, 0.15) is 0 Å². The maximum atomic E-state index is 11.6. The molecule has 0 bridgehead atoms. The molecule has 0 fully saturated rings. The molecule has 0 saturated carbocycles. The van der Waals surface area contributed by atoms with Crippen molar-refractivity contribution in [3.63, 3.8) is 0 Å². The van der Waals surface area contributed by atoms with Gasteiger partial charge in [-0.25, -0.2) is 0 Å². The fourth-order valence-electron chi connectivity index (χ4n) is 1.82. The van der Waals surface area contributed by atoms with Gasteiger partial charge in [0.25, 0.3) is 0 Å². The molecule has 0 aromatic carbocycles. The molecule has 0 atom stereocenters. The van der Waals surface area contributed by atoms with Crippen LogP contribution < -0.4 is 0 Å². The summed E-state index contributed by atoms with van der Waals surface area (Å²) in [4.78, 5) is 23.3. The molecule has 0 aromatic heterocycles. The lowest BCUT2D eigenvalue weighted by molar-refractivity contribution is -0.168. The first-order valence-corrected chi connectivity index (χ1v) is 6.19. The molecule has 4 nitrogen and oxygen atoms in total. The highest BCUT2D eigenvalue weighted by Crippen LogP contribution is 2.28. The van der Waals surface area contributed by atoms with Crippen LogP contribution >= 0.6 is 0 Å². The highest BCUT2D eigenvalue weighted by Gasteiger charge is 2.42. The Balaban J connectivity index is 4.30. The highest BCUT2D eigenvalue weighted by atomic mass is 16.5. The van der Waals surface area contributed by atoms with E-state index in [1.54, 1.807) is 6.92 Å². The van der Waals surface area contributed by atoms with Crippen molar-refractivity contribution < 1.29 is 19.1 Å². The van der Waals surface area contributed by atoms with Crippen LogP contribution in [0, 0.1) is 5.41 Å². The second-order valence-electron chi connectivity index (χ2n) is 4.48. The smallest absolute Gasteiger partial charge is 0.322 e. The molecule has 0 spiro atoms. The van der Waals surface area contributed by atoms with Crippen molar-refractivity contribution in [3.05, 3.63) is 0 Å². The summed E-state index contributed by atoms with van der Waals surface area (Å²) >= 11 is 0. The maximum absolute atomic E-state index is 11.6. The van der Waals surface area contributed by atoms with Gasteiger partial charge in [-0.05, 0) is 13.3 Å². The van der Waals surface area contributed by atoms with E-state index in [2.05, 4.69) is 16.4 Å². The predicted octanol–water partition coefficient (Wildman–Crippen LogP) is 2.70. The van der Waals surface area contributed by atoms with E-state index in [9.17, 15) is 9.59 Å². The first-order chi connectivity index (χ1) is 8.02. The van der Waals surface area contributed by atoms with E-state index in [0.29, 0.717) is 6.42 Å². The standard InChI is InChI=1S/C13H24O4/c1-5-6-7-8-9-10-13(2,11(14)16-3)12(15)17-4/h5-10H2,1-4H3. The van der Waals surface area contributed by atoms with Gasteiger partial charge in [0.15, 0.2) is 5.41 Å². The Kier molecular flexibility index (Phi) is 7.59. The van der Waals surface area contributed by atoms with Crippen LogP contribution in [0.3, 0.4) is 0 Å². The lowest BCUT2D eigenvalue weighted by Gasteiger charge is -2.23. The van der Waals surface area contributed by atoms with Crippen LogP contribution in [-0.4, -0.2) is 26.2 Å². The zero-order chi connectivity index (χ0) is 13.3. The molecule has 0 aliphatic carbocycles. The minimum Gasteiger partial charge on any atom is -0.468 e. The first-order valence-electron chi connectivity index (χ1n) is 6.19. The number of esters is 2. The van der Waals surface area contributed by atoms with E-state index in [0.717, 1.165) is 19.3 Å². The van der Waals surface area contributed by atoms with E-state index in [4.69, 9.17) is 0 Å². The van der Waals surface area contributed by atoms with Gasteiger partial charge in [-0.3, -0.25) is 9.59 Å². The number of unbranched alkanes of at least 4 members (excludes halogenated alkanes) is 4. The molecule has 0 amide bonds. The summed E-state index contributed by atoms with van der Waals surface area (Å²) in [5.41, 5.74) is -1.16. The van der Waals surface area contributed by atoms with Gasteiger partial charge >= 0.3 is 11.9 Å². The van der Waals surface area contributed by atoms with Crippen molar-refractivity contribution in [3.8, 4) is 0 Å². The second kappa shape index (κ2) is 8.09. The Morgan fingerprint density at radius 1 is 0.941 bits per heavy atom. The van der Waals surface area contributed by atoms with Crippen molar-refractivity contribution in [2.45, 2.75) is 52.4 Å². The van der Waals surface area contributed by atoms with Gasteiger partial charge in [0, 0.05) is 0 Å². The summed E-state index contributed by atoms with van der Waals surface area (Å²) in [5, 5.41) is 0. The topological polar surface area (TPSA) is 52.6 Å². The van der Waals surface area contributed by atoms with E-state index in [1.807, 2.05) is 0 Å². The van der Waals surface area contributed by atoms with E-state index < -0.39 is 17.4 Å². The maximum Gasteiger partial charge on any atom is 0.322 e. The molecule has 0 aliphatic heterocycles. The van der Waals surface area contributed by atoms with Gasteiger partial charge in [-0.1, -0.05) is 39.0 Å². The molecule has 0 radical (unpaired) electrons. The van der Waals surface area contributed by atoms with Crippen molar-refractivity contribution in [2.75, 3.05) is 14.2 Å². The van der Waals surface area contributed by atoms with Gasteiger partial charge in [-0.2, -0.15) is 0 Å². The lowest BCUT2D eigenvalue weighted by atomic mass is 9.84. The first kappa shape index (κ1) is 15.9. The van der Waals surface area contributed by atoms with Crippen LogP contribution in [0.15, 0.2) is 0 Å². The number of ether oxygens (including phenoxy) is 2. The minimum atomic E-state index is -1.16. The van der Waals surface area contributed by atoms with Crippen LogP contribution in [0.5, 0.6) is 0 Å². The Bertz CT molecular complexity index is 232. The van der Waals surface area contributed by atoms with Crippen LogP contribution in [-0.2, 0) is 19.1 Å². The predicted molar refractivity (Wildman–Crippen MR) is 65.5 cm³/mol. The zero-order valence-corrected chi connectivity index (χ0v) is 11.4. The number of hydrogen-bond acceptors (Lipinski definition) is 4. The third-order valence-corrected chi connectivity index (χ3v) is 3.05. The Labute approximate surface area is 104 Å². The summed E-state index contributed by atoms with van der Waals surface area (Å²) in [6, 6.07) is 0. The molecule has 0 heterocycles. The summed E-state index contributed by atoms with van der Waals surface area (Å²) in [6.45, 7) is 3.73. The molecule has 0 aliphatic rings. The van der Waals surface area contributed by atoms with Gasteiger partial charge in [0.05, 0.1) is 14.2 Å². The summed E-state index contributed by atoms with van der Waals surface area (Å²) < 4.78 is 9.35. The summed E-state index contributed by atoms with van der Waals surface area (Å²) in [6.07, 6.45) is 5.83. The van der Waals surface area contributed by atoms with Crippen LogP contribution in [0.2, 0.25) is 0 Å². The van der Waals surface area contributed by atoms with Gasteiger partial charge in [0.2, 0.25) is 0 Å². The number of hydrogen-bond donors (Lipinski definition) is 0. The third kappa shape index (κ3) is 4.75. The van der Waals surface area contributed by atoms with E-state index in [1.165, 1.54) is 27.1 Å². The third-order valence-electron chi connectivity index (χ3n) is 3.05. The van der Waals surface area contributed by atoms with Gasteiger partial charge < -0.3 is 9.47 Å². The van der Waals surface area contributed by atoms with Crippen molar-refractivity contribution in [1.82, 2.24) is 0 Å². The molecule has 0 rings (SSSR count). The summed E-state index contributed by atoms with van der Waals surface area (Å²) in [5.74, 6) is -1.03. The monoisotopic (exact) mass is 244 g/mol. The van der Waals surface area contributed by atoms with Crippen molar-refractivity contribution in [1.29, 1.82) is 0 Å². The molecule has 0 unspecified atom stereocenters. The second-order valence-corrected chi connectivity index (χ2v) is 4.48. The molecule has 100 valence electrons. The minimum absolute atomic E-state index is 0.482. The molecule has 4 heteroatoms. The molecule has 0 aromatic rings. The molecular formula is C13H24O4. The average molecular weight is 244 g/mol. The van der Waals surface area contributed by atoms with Gasteiger partial charge in [-0.15, -0.1) is 0 Å². The average Bonchev–Trinajstić information content (AvgIpc) is 2.36. The van der Waals surface area contributed by atoms with Crippen LogP contribution in [0.25, 0.3) is 0 Å². The zero-order valence-electron chi connectivity index (χ0n) is 11.4. The lowest BCUT2D eigenvalue weighted by Crippen LogP contribution is -2.38. The molecular weight excluding hydrogens is 220 g/mol. The number of methoxy groups -OCH3 is 2. The molecule has 0 N–H and O–H groups in total. The fourth-order valence-corrected chi connectivity index (χ4v) is 1.82. The molecule has 17 heavy (non-hydrogen) atoms. The number of carbonyl (C=O) groups excluding carboxylic acids is 2. The highest BCUT2D eigenvalue weighted by molar-refractivity contribution is 5.99. The number of carbonyl (C=O) groups is 2. The quantitative estimate of drug-likeness (QED) is 0.374.